The van der Waals surface area contributed by atoms with Gasteiger partial charge in [0.15, 0.2) is 0 Å². The van der Waals surface area contributed by atoms with Gasteiger partial charge in [0.1, 0.15) is 11.6 Å². The molecule has 0 saturated heterocycles. The molecule has 1 aliphatic rings. The zero-order valence-corrected chi connectivity index (χ0v) is 20.1. The fraction of sp³-hybridized carbons (Fsp3) is 0.143. The zero-order chi connectivity index (χ0) is 26.9. The third-order valence-corrected chi connectivity index (χ3v) is 6.03. The number of carbonyl (C=O) groups excluding carboxylic acids is 2. The molecule has 0 saturated carbocycles. The molecule has 10 heteroatoms. The molecule has 0 radical (unpaired) electrons. The van der Waals surface area contributed by atoms with E-state index in [1.807, 2.05) is 31.2 Å². The first-order valence-electron chi connectivity index (χ1n) is 11.7. The second-order valence-electron chi connectivity index (χ2n) is 8.59. The Morgan fingerprint density at radius 2 is 1.68 bits per heavy atom. The SMILES string of the molecule is Cc1ncc2c(n1)-c1ccccc1N(C(=O)c1ccc(NC(=O)c3ccccc3OC(F)(F)F)cc1)CC2. The molecule has 4 aromatic rings. The van der Waals surface area contributed by atoms with Crippen molar-refractivity contribution >= 4 is 23.2 Å². The smallest absolute Gasteiger partial charge is 0.405 e. The lowest BCUT2D eigenvalue weighted by atomic mass is 10.0. The molecule has 2 heterocycles. The van der Waals surface area contributed by atoms with Crippen molar-refractivity contribution in [2.75, 3.05) is 16.8 Å². The largest absolute Gasteiger partial charge is 0.573 e. The molecule has 7 nitrogen and oxygen atoms in total. The van der Waals surface area contributed by atoms with Crippen LogP contribution >= 0.6 is 0 Å². The third-order valence-electron chi connectivity index (χ3n) is 6.03. The van der Waals surface area contributed by atoms with Gasteiger partial charge in [-0.1, -0.05) is 30.3 Å². The molecule has 192 valence electrons. The van der Waals surface area contributed by atoms with Crippen LogP contribution in [0.4, 0.5) is 24.5 Å². The van der Waals surface area contributed by atoms with Gasteiger partial charge in [0.25, 0.3) is 11.8 Å². The molecule has 5 rings (SSSR count). The number of aromatic nitrogens is 2. The van der Waals surface area contributed by atoms with Gasteiger partial charge in [0.05, 0.1) is 16.9 Å². The fourth-order valence-corrected chi connectivity index (χ4v) is 4.30. The molecule has 0 bridgehead atoms. The molecule has 0 fully saturated rings. The number of nitrogens with one attached hydrogen (secondary N) is 1. The first-order valence-corrected chi connectivity index (χ1v) is 11.7. The van der Waals surface area contributed by atoms with Crippen LogP contribution in [0.25, 0.3) is 11.3 Å². The summed E-state index contributed by atoms with van der Waals surface area (Å²) in [5.74, 6) is -0.982. The maximum atomic E-state index is 13.5. The van der Waals surface area contributed by atoms with E-state index in [-0.39, 0.29) is 11.5 Å². The number of nitrogens with zero attached hydrogens (tertiary/aromatic N) is 3. The van der Waals surface area contributed by atoms with Crippen molar-refractivity contribution in [1.82, 2.24) is 9.97 Å². The number of alkyl halides is 3. The maximum absolute atomic E-state index is 13.5. The van der Waals surface area contributed by atoms with Crippen LogP contribution in [0.5, 0.6) is 5.75 Å². The summed E-state index contributed by atoms with van der Waals surface area (Å²) in [6.07, 6.45) is -2.57. The van der Waals surface area contributed by atoms with E-state index in [0.29, 0.717) is 30.0 Å². The molecular weight excluding hydrogens is 497 g/mol. The van der Waals surface area contributed by atoms with E-state index in [1.54, 1.807) is 23.2 Å². The molecule has 2 amide bonds. The number of rotatable bonds is 4. The first kappa shape index (κ1) is 24.9. The summed E-state index contributed by atoms with van der Waals surface area (Å²) < 4.78 is 42.1. The van der Waals surface area contributed by atoms with E-state index >= 15 is 0 Å². The summed E-state index contributed by atoms with van der Waals surface area (Å²) in [4.78, 5) is 36.8. The minimum absolute atomic E-state index is 0.239. The Balaban J connectivity index is 1.36. The quantitative estimate of drug-likeness (QED) is 0.369. The monoisotopic (exact) mass is 518 g/mol. The molecule has 0 atom stereocenters. The normalized spacial score (nSPS) is 12.7. The highest BCUT2D eigenvalue weighted by molar-refractivity contribution is 6.09. The van der Waals surface area contributed by atoms with Crippen LogP contribution < -0.4 is 15.0 Å². The summed E-state index contributed by atoms with van der Waals surface area (Å²) in [7, 11) is 0. The van der Waals surface area contributed by atoms with Gasteiger partial charge < -0.3 is 15.0 Å². The third kappa shape index (κ3) is 5.19. The number of anilines is 2. The second kappa shape index (κ2) is 9.97. The number of amides is 2. The molecule has 1 aliphatic heterocycles. The van der Waals surface area contributed by atoms with E-state index in [0.717, 1.165) is 28.6 Å². The van der Waals surface area contributed by atoms with Gasteiger partial charge in [-0.2, -0.15) is 0 Å². The van der Waals surface area contributed by atoms with Gasteiger partial charge in [0.2, 0.25) is 0 Å². The molecule has 0 unspecified atom stereocenters. The van der Waals surface area contributed by atoms with Crippen LogP contribution in [0.15, 0.2) is 79.0 Å². The standard InChI is InChI=1S/C28H21F3N4O3/c1-17-32-16-19-14-15-35(23-8-4-2-6-21(23)25(19)33-17)27(37)18-10-12-20(13-11-18)34-26(36)22-7-3-5-9-24(22)38-28(29,30)31/h2-13,16H,14-15H2,1H3,(H,34,36). The molecular formula is C28H21F3N4O3. The number of halogens is 3. The minimum atomic E-state index is -4.93. The van der Waals surface area contributed by atoms with E-state index in [9.17, 15) is 22.8 Å². The Hall–Kier alpha value is -4.73. The van der Waals surface area contributed by atoms with Gasteiger partial charge in [-0.25, -0.2) is 9.97 Å². The van der Waals surface area contributed by atoms with Crippen LogP contribution in [0.2, 0.25) is 0 Å². The van der Waals surface area contributed by atoms with Gasteiger partial charge in [0, 0.05) is 29.6 Å². The van der Waals surface area contributed by atoms with Crippen molar-refractivity contribution in [2.24, 2.45) is 0 Å². The number of ether oxygens (including phenoxy) is 1. The summed E-state index contributed by atoms with van der Waals surface area (Å²) in [6.45, 7) is 2.24. The Morgan fingerprint density at radius 1 is 0.974 bits per heavy atom. The van der Waals surface area contributed by atoms with Crippen LogP contribution in [0.3, 0.4) is 0 Å². The predicted molar refractivity (Wildman–Crippen MR) is 135 cm³/mol. The first-order chi connectivity index (χ1) is 18.2. The summed E-state index contributed by atoms with van der Waals surface area (Å²) in [5.41, 5.74) is 3.73. The second-order valence-corrected chi connectivity index (χ2v) is 8.59. The lowest BCUT2D eigenvalue weighted by Crippen LogP contribution is -2.32. The summed E-state index contributed by atoms with van der Waals surface area (Å²) in [5, 5.41) is 2.55. The molecule has 0 aliphatic carbocycles. The highest BCUT2D eigenvalue weighted by Gasteiger charge is 2.33. The van der Waals surface area contributed by atoms with Crippen LogP contribution in [0.1, 0.15) is 32.1 Å². The zero-order valence-electron chi connectivity index (χ0n) is 20.1. The Kier molecular flexibility index (Phi) is 6.54. The Bertz CT molecular complexity index is 1520. The number of hydrogen-bond acceptors (Lipinski definition) is 5. The van der Waals surface area contributed by atoms with Crippen molar-refractivity contribution in [1.29, 1.82) is 0 Å². The number of benzene rings is 3. The van der Waals surface area contributed by atoms with Crippen molar-refractivity contribution in [2.45, 2.75) is 19.7 Å². The molecule has 38 heavy (non-hydrogen) atoms. The van der Waals surface area contributed by atoms with Crippen LogP contribution in [-0.2, 0) is 6.42 Å². The highest BCUT2D eigenvalue weighted by atomic mass is 19.4. The average Bonchev–Trinajstić information content (AvgIpc) is 3.05. The maximum Gasteiger partial charge on any atom is 0.573 e. The van der Waals surface area contributed by atoms with Crippen molar-refractivity contribution < 1.29 is 27.5 Å². The van der Waals surface area contributed by atoms with E-state index < -0.39 is 18.0 Å². The molecule has 1 aromatic heterocycles. The van der Waals surface area contributed by atoms with E-state index in [4.69, 9.17) is 0 Å². The number of carbonyl (C=O) groups is 2. The van der Waals surface area contributed by atoms with E-state index in [1.165, 1.54) is 30.3 Å². The predicted octanol–water partition coefficient (Wildman–Crippen LogP) is 5.81. The summed E-state index contributed by atoms with van der Waals surface area (Å²) >= 11 is 0. The molecule has 0 spiro atoms. The fourth-order valence-electron chi connectivity index (χ4n) is 4.30. The van der Waals surface area contributed by atoms with Crippen molar-refractivity contribution in [3.8, 4) is 17.0 Å². The number of hydrogen-bond donors (Lipinski definition) is 1. The number of aryl methyl sites for hydroxylation is 1. The van der Waals surface area contributed by atoms with Gasteiger partial charge in [-0.15, -0.1) is 13.2 Å². The van der Waals surface area contributed by atoms with Gasteiger partial charge in [-0.05, 0) is 61.4 Å². The minimum Gasteiger partial charge on any atom is -0.405 e. The molecule has 3 aromatic carbocycles. The van der Waals surface area contributed by atoms with Crippen LogP contribution in [0, 0.1) is 6.92 Å². The number of para-hydroxylation sites is 2. The van der Waals surface area contributed by atoms with Crippen LogP contribution in [-0.4, -0.2) is 34.7 Å². The van der Waals surface area contributed by atoms with Crippen molar-refractivity contribution in [3.63, 3.8) is 0 Å². The average molecular weight is 518 g/mol. The highest BCUT2D eigenvalue weighted by Crippen LogP contribution is 2.35. The topological polar surface area (TPSA) is 84.4 Å². The Labute approximate surface area is 215 Å². The van der Waals surface area contributed by atoms with Gasteiger partial charge in [-0.3, -0.25) is 9.59 Å². The van der Waals surface area contributed by atoms with Gasteiger partial charge >= 0.3 is 6.36 Å². The van der Waals surface area contributed by atoms with Crippen molar-refractivity contribution in [3.05, 3.63) is 102 Å². The lowest BCUT2D eigenvalue weighted by Gasteiger charge is -2.23. The Morgan fingerprint density at radius 3 is 2.45 bits per heavy atom. The van der Waals surface area contributed by atoms with E-state index in [2.05, 4.69) is 20.0 Å². The molecule has 1 N–H and O–H groups in total. The summed E-state index contributed by atoms with van der Waals surface area (Å²) in [6, 6.07) is 18.8. The number of fused-ring (bicyclic) bond motifs is 3. The lowest BCUT2D eigenvalue weighted by molar-refractivity contribution is -0.274.